The summed E-state index contributed by atoms with van der Waals surface area (Å²) < 4.78 is 12.0. The van der Waals surface area contributed by atoms with Crippen molar-refractivity contribution < 1.29 is 18.4 Å². The first-order chi connectivity index (χ1) is 14.0. The Balaban J connectivity index is 1.99. The predicted molar refractivity (Wildman–Crippen MR) is 121 cm³/mol. The van der Waals surface area contributed by atoms with Crippen LogP contribution in [-0.2, 0) is 14.0 Å². The second-order valence-corrected chi connectivity index (χ2v) is 15.2. The number of nitrogens with zero attached hydrogens (tertiary/aromatic N) is 1. The number of hydrogen-bond acceptors (Lipinski definition) is 4. The van der Waals surface area contributed by atoms with Crippen molar-refractivity contribution >= 4 is 20.0 Å². The molecule has 1 fully saturated rings. The molecule has 1 aromatic rings. The Morgan fingerprint density at radius 3 is 2.40 bits per heavy atom. The molecule has 2 heterocycles. The molecule has 30 heavy (non-hydrogen) atoms. The molecule has 5 nitrogen and oxygen atoms in total. The first-order valence-electron chi connectivity index (χ1n) is 11.2. The summed E-state index contributed by atoms with van der Waals surface area (Å²) in [5, 5.41) is 0. The third-order valence-corrected chi connectivity index (χ3v) is 7.15. The van der Waals surface area contributed by atoms with Gasteiger partial charge in [-0.3, -0.25) is 9.59 Å². The Bertz CT molecular complexity index is 792. The fourth-order valence-corrected chi connectivity index (χ4v) is 5.79. The Hall–Kier alpha value is -1.66. The lowest BCUT2D eigenvalue weighted by atomic mass is 9.73. The number of likely N-dealkylation sites (tertiary alicyclic amines) is 1. The molecule has 0 radical (unpaired) electrons. The van der Waals surface area contributed by atoms with Crippen molar-refractivity contribution in [3.8, 4) is 0 Å². The number of rotatable bonds is 7. The minimum absolute atomic E-state index is 0.00673. The average molecular weight is 432 g/mol. The van der Waals surface area contributed by atoms with Crippen LogP contribution in [0.25, 0.3) is 0 Å². The maximum Gasteiger partial charge on any atom is 0.257 e. The van der Waals surface area contributed by atoms with Crippen molar-refractivity contribution in [2.45, 2.75) is 84.5 Å². The molecule has 2 atom stereocenters. The summed E-state index contributed by atoms with van der Waals surface area (Å²) in [6.45, 7) is 14.7. The summed E-state index contributed by atoms with van der Waals surface area (Å²) in [7, 11) is -1.91. The third-order valence-electron chi connectivity index (χ3n) is 6.15. The molecule has 1 amide bonds. The minimum atomic E-state index is -1.91. The largest absolute Gasteiger partial charge is 0.472 e. The van der Waals surface area contributed by atoms with Crippen LogP contribution >= 0.6 is 0 Å². The van der Waals surface area contributed by atoms with E-state index >= 15 is 0 Å². The smallest absolute Gasteiger partial charge is 0.257 e. The summed E-state index contributed by atoms with van der Waals surface area (Å²) in [6.07, 6.45) is 7.13. The Morgan fingerprint density at radius 2 is 1.87 bits per heavy atom. The molecule has 0 N–H and O–H groups in total. The predicted octanol–water partition coefficient (Wildman–Crippen LogP) is 5.30. The Kier molecular flexibility index (Phi) is 6.77. The average Bonchev–Trinajstić information content (AvgIpc) is 3.37. The van der Waals surface area contributed by atoms with E-state index in [4.69, 9.17) is 8.84 Å². The topological polar surface area (TPSA) is 59.8 Å². The number of furan rings is 1. The maximum absolute atomic E-state index is 13.2. The first kappa shape index (κ1) is 23.0. The molecule has 0 unspecified atom stereocenters. The molecule has 6 heteroatoms. The number of Topliss-reactive ketones (excluding diaryl/α,β-unsaturated/α-hetero) is 1. The fourth-order valence-electron chi connectivity index (χ4n) is 4.70. The highest BCUT2D eigenvalue weighted by Crippen LogP contribution is 2.43. The molecule has 166 valence electrons. The zero-order valence-corrected chi connectivity index (χ0v) is 20.4. The highest BCUT2D eigenvalue weighted by atomic mass is 28.4. The van der Waals surface area contributed by atoms with Crippen LogP contribution in [0, 0.1) is 5.41 Å². The SMILES string of the molecule is CC(C)(C)[C@@H](C[C@@H](O[Si](C)(C)C)C1=C(C(=O)N2CCCC2)C(=O)CC1)c1ccoc1. The second-order valence-electron chi connectivity index (χ2n) is 10.8. The van der Waals surface area contributed by atoms with E-state index in [1.54, 1.807) is 6.26 Å². The van der Waals surface area contributed by atoms with Crippen LogP contribution in [0.15, 0.2) is 34.2 Å². The highest BCUT2D eigenvalue weighted by molar-refractivity contribution is 6.69. The van der Waals surface area contributed by atoms with Crippen LogP contribution in [0.4, 0.5) is 0 Å². The van der Waals surface area contributed by atoms with Gasteiger partial charge < -0.3 is 13.7 Å². The van der Waals surface area contributed by atoms with E-state index in [1.807, 2.05) is 17.2 Å². The monoisotopic (exact) mass is 431 g/mol. The van der Waals surface area contributed by atoms with E-state index < -0.39 is 8.32 Å². The van der Waals surface area contributed by atoms with Gasteiger partial charge in [-0.15, -0.1) is 0 Å². The van der Waals surface area contributed by atoms with Crippen LogP contribution in [-0.4, -0.2) is 44.1 Å². The van der Waals surface area contributed by atoms with Gasteiger partial charge in [0, 0.05) is 19.5 Å². The molecular formula is C24H37NO4Si. The van der Waals surface area contributed by atoms with Crippen LogP contribution in [0.3, 0.4) is 0 Å². The molecule has 0 bridgehead atoms. The van der Waals surface area contributed by atoms with E-state index in [0.717, 1.165) is 43.5 Å². The van der Waals surface area contributed by atoms with Gasteiger partial charge in [-0.25, -0.2) is 0 Å². The van der Waals surface area contributed by atoms with Crippen molar-refractivity contribution in [2.75, 3.05) is 13.1 Å². The molecule has 3 rings (SSSR count). The van der Waals surface area contributed by atoms with Crippen LogP contribution in [0.2, 0.25) is 19.6 Å². The lowest BCUT2D eigenvalue weighted by molar-refractivity contribution is -0.128. The van der Waals surface area contributed by atoms with Gasteiger partial charge in [0.25, 0.3) is 5.91 Å². The second kappa shape index (κ2) is 8.83. The van der Waals surface area contributed by atoms with Gasteiger partial charge in [0.1, 0.15) is 0 Å². The third kappa shape index (κ3) is 5.33. The highest BCUT2D eigenvalue weighted by Gasteiger charge is 2.40. The Labute approximate surface area is 182 Å². The summed E-state index contributed by atoms with van der Waals surface area (Å²) >= 11 is 0. The van der Waals surface area contributed by atoms with E-state index in [2.05, 4.69) is 40.4 Å². The van der Waals surface area contributed by atoms with Gasteiger partial charge in [0.05, 0.1) is 24.2 Å². The quantitative estimate of drug-likeness (QED) is 0.434. The first-order valence-corrected chi connectivity index (χ1v) is 14.6. The van der Waals surface area contributed by atoms with Crippen molar-refractivity contribution in [1.82, 2.24) is 4.90 Å². The normalized spacial score (nSPS) is 20.2. The van der Waals surface area contributed by atoms with E-state index in [-0.39, 0.29) is 29.1 Å². The van der Waals surface area contributed by atoms with Crippen molar-refractivity contribution in [2.24, 2.45) is 5.41 Å². The zero-order chi connectivity index (χ0) is 22.1. The summed E-state index contributed by atoms with van der Waals surface area (Å²) in [5.41, 5.74) is 2.48. The van der Waals surface area contributed by atoms with Gasteiger partial charge >= 0.3 is 0 Å². The van der Waals surface area contributed by atoms with Gasteiger partial charge in [-0.1, -0.05) is 20.8 Å². The molecular weight excluding hydrogens is 394 g/mol. The molecule has 1 saturated heterocycles. The molecule has 2 aliphatic rings. The standard InChI is InChI=1S/C24H37NO4Si/c1-24(2,3)19(17-11-14-28-16-17)15-21(29-30(4,5)6)18-9-10-20(26)22(18)23(27)25-12-7-8-13-25/h11,14,16,19,21H,7-10,12-13,15H2,1-6H3/t19-,21+/m0/s1. The lowest BCUT2D eigenvalue weighted by Gasteiger charge is -2.36. The maximum atomic E-state index is 13.2. The van der Waals surface area contributed by atoms with Crippen molar-refractivity contribution in [3.05, 3.63) is 35.3 Å². The molecule has 0 spiro atoms. The van der Waals surface area contributed by atoms with Gasteiger partial charge in [0.2, 0.25) is 0 Å². The fraction of sp³-hybridized carbons (Fsp3) is 0.667. The van der Waals surface area contributed by atoms with E-state index in [0.29, 0.717) is 18.4 Å². The summed E-state index contributed by atoms with van der Waals surface area (Å²) in [4.78, 5) is 27.9. The van der Waals surface area contributed by atoms with Crippen LogP contribution in [0.5, 0.6) is 0 Å². The molecule has 0 aromatic carbocycles. The summed E-state index contributed by atoms with van der Waals surface area (Å²) in [6, 6.07) is 2.02. The summed E-state index contributed by atoms with van der Waals surface area (Å²) in [5.74, 6) is 0.107. The van der Waals surface area contributed by atoms with Crippen LogP contribution < -0.4 is 0 Å². The zero-order valence-electron chi connectivity index (χ0n) is 19.4. The molecule has 1 aliphatic carbocycles. The molecule has 1 aliphatic heterocycles. The van der Waals surface area contributed by atoms with Gasteiger partial charge in [-0.2, -0.15) is 0 Å². The Morgan fingerprint density at radius 1 is 1.20 bits per heavy atom. The van der Waals surface area contributed by atoms with Crippen molar-refractivity contribution in [3.63, 3.8) is 0 Å². The van der Waals surface area contributed by atoms with E-state index in [9.17, 15) is 9.59 Å². The van der Waals surface area contributed by atoms with Gasteiger partial charge in [-0.05, 0) is 73.9 Å². The van der Waals surface area contributed by atoms with Crippen molar-refractivity contribution in [1.29, 1.82) is 0 Å². The lowest BCUT2D eigenvalue weighted by Crippen LogP contribution is -2.37. The number of carbonyl (C=O) groups excluding carboxylic acids is 2. The van der Waals surface area contributed by atoms with Gasteiger partial charge in [0.15, 0.2) is 14.1 Å². The number of hydrogen-bond donors (Lipinski definition) is 0. The number of carbonyl (C=O) groups is 2. The number of ketones is 1. The molecule has 0 saturated carbocycles. The molecule has 1 aromatic heterocycles. The minimum Gasteiger partial charge on any atom is -0.472 e. The van der Waals surface area contributed by atoms with E-state index in [1.165, 1.54) is 0 Å². The van der Waals surface area contributed by atoms with Crippen LogP contribution in [0.1, 0.15) is 64.4 Å². The number of amides is 1.